The quantitative estimate of drug-likeness (QED) is 0.888. The molecule has 1 aliphatic rings. The van der Waals surface area contributed by atoms with Gasteiger partial charge in [-0.1, -0.05) is 6.42 Å². The Hall–Kier alpha value is -1.24. The van der Waals surface area contributed by atoms with E-state index in [2.05, 4.69) is 38.6 Å². The molecule has 1 unspecified atom stereocenters. The fourth-order valence-corrected chi connectivity index (χ4v) is 3.71. The zero-order chi connectivity index (χ0) is 14.7. The number of piperidine rings is 1. The summed E-state index contributed by atoms with van der Waals surface area (Å²) < 4.78 is 0. The van der Waals surface area contributed by atoms with E-state index < -0.39 is 0 Å². The summed E-state index contributed by atoms with van der Waals surface area (Å²) in [6.07, 6.45) is 3.46. The molecule has 114 valence electrons. The predicted octanol–water partition coefficient (Wildman–Crippen LogP) is 2.47. The number of likely N-dealkylation sites (tertiary alicyclic amines) is 1. The molecular weight excluding hydrogens is 284 g/mol. The van der Waals surface area contributed by atoms with E-state index in [9.17, 15) is 5.11 Å². The molecule has 0 bridgehead atoms. The average Bonchev–Trinajstić information content (AvgIpc) is 2.97. The van der Waals surface area contributed by atoms with E-state index >= 15 is 0 Å². The Morgan fingerprint density at radius 3 is 3.14 bits per heavy atom. The Kier molecular flexibility index (Phi) is 4.67. The largest absolute Gasteiger partial charge is 0.395 e. The van der Waals surface area contributed by atoms with Gasteiger partial charge in [-0.3, -0.25) is 4.90 Å². The Bertz CT molecular complexity index is 600. The first-order valence-corrected chi connectivity index (χ1v) is 8.52. The van der Waals surface area contributed by atoms with E-state index in [0.29, 0.717) is 0 Å². The normalized spacial score (nSPS) is 20.0. The average molecular weight is 306 g/mol. The number of fused-ring (bicyclic) bond motifs is 1. The molecular formula is C15H22N4OS. The second kappa shape index (κ2) is 6.68. The van der Waals surface area contributed by atoms with E-state index in [-0.39, 0.29) is 12.6 Å². The molecule has 1 atom stereocenters. The van der Waals surface area contributed by atoms with Crippen LogP contribution in [-0.4, -0.2) is 45.7 Å². The van der Waals surface area contributed by atoms with Crippen LogP contribution in [0.5, 0.6) is 0 Å². The van der Waals surface area contributed by atoms with Gasteiger partial charge in [-0.2, -0.15) is 0 Å². The number of nitrogens with one attached hydrogen (secondary N) is 1. The molecule has 6 heteroatoms. The third kappa shape index (κ3) is 3.17. The van der Waals surface area contributed by atoms with E-state index in [1.807, 2.05) is 0 Å². The van der Waals surface area contributed by atoms with Crippen molar-refractivity contribution in [2.75, 3.05) is 25.0 Å². The van der Waals surface area contributed by atoms with Gasteiger partial charge in [0.2, 0.25) is 0 Å². The van der Waals surface area contributed by atoms with Crippen LogP contribution < -0.4 is 5.32 Å². The molecule has 2 aromatic rings. The lowest BCUT2D eigenvalue weighted by atomic mass is 10.0. The van der Waals surface area contributed by atoms with Crippen molar-refractivity contribution in [2.45, 2.75) is 38.8 Å². The Balaban J connectivity index is 1.85. The van der Waals surface area contributed by atoms with E-state index in [1.54, 1.807) is 11.3 Å². The fraction of sp³-hybridized carbons (Fsp3) is 0.600. The number of anilines is 1. The molecule has 3 heterocycles. The Morgan fingerprint density at radius 2 is 2.33 bits per heavy atom. The van der Waals surface area contributed by atoms with Crippen molar-refractivity contribution < 1.29 is 5.11 Å². The van der Waals surface area contributed by atoms with Gasteiger partial charge < -0.3 is 10.4 Å². The van der Waals surface area contributed by atoms with Crippen LogP contribution in [0.1, 0.15) is 32.0 Å². The SMILES string of the molecule is CCNc1nc(CN2CCCCC2CO)nc2sccc12. The van der Waals surface area contributed by atoms with Gasteiger partial charge in [-0.05, 0) is 37.8 Å². The van der Waals surface area contributed by atoms with Crippen LogP contribution in [0.3, 0.4) is 0 Å². The van der Waals surface area contributed by atoms with Gasteiger partial charge >= 0.3 is 0 Å². The van der Waals surface area contributed by atoms with Crippen LogP contribution in [0.15, 0.2) is 11.4 Å². The number of thiophene rings is 1. The van der Waals surface area contributed by atoms with Crippen LogP contribution in [0.2, 0.25) is 0 Å². The summed E-state index contributed by atoms with van der Waals surface area (Å²) in [5, 5.41) is 16.0. The Labute approximate surface area is 129 Å². The smallest absolute Gasteiger partial charge is 0.146 e. The molecule has 1 fully saturated rings. The maximum atomic E-state index is 9.52. The number of aliphatic hydroxyl groups excluding tert-OH is 1. The van der Waals surface area contributed by atoms with Crippen molar-refractivity contribution in [1.82, 2.24) is 14.9 Å². The molecule has 2 N–H and O–H groups in total. The van der Waals surface area contributed by atoms with Crippen LogP contribution in [0, 0.1) is 0 Å². The van der Waals surface area contributed by atoms with Crippen LogP contribution in [0.25, 0.3) is 10.2 Å². The summed E-state index contributed by atoms with van der Waals surface area (Å²) in [7, 11) is 0. The third-order valence-corrected chi connectivity index (χ3v) is 4.83. The molecule has 2 aromatic heterocycles. The zero-order valence-electron chi connectivity index (χ0n) is 12.4. The van der Waals surface area contributed by atoms with Gasteiger partial charge in [0, 0.05) is 12.6 Å². The van der Waals surface area contributed by atoms with Gasteiger partial charge in [0.1, 0.15) is 16.5 Å². The minimum absolute atomic E-state index is 0.224. The minimum Gasteiger partial charge on any atom is -0.395 e. The highest BCUT2D eigenvalue weighted by molar-refractivity contribution is 7.16. The fourth-order valence-electron chi connectivity index (χ4n) is 2.93. The summed E-state index contributed by atoms with van der Waals surface area (Å²) in [5.74, 6) is 1.78. The van der Waals surface area contributed by atoms with Gasteiger partial charge in [-0.25, -0.2) is 9.97 Å². The van der Waals surface area contributed by atoms with Crippen LogP contribution >= 0.6 is 11.3 Å². The number of rotatable bonds is 5. The summed E-state index contributed by atoms with van der Waals surface area (Å²) in [5.41, 5.74) is 0. The van der Waals surface area contributed by atoms with Crippen LogP contribution in [0.4, 0.5) is 5.82 Å². The molecule has 0 aliphatic carbocycles. The highest BCUT2D eigenvalue weighted by Crippen LogP contribution is 2.26. The molecule has 3 rings (SSSR count). The second-order valence-corrected chi connectivity index (χ2v) is 6.36. The van der Waals surface area contributed by atoms with E-state index in [4.69, 9.17) is 0 Å². The molecule has 0 saturated carbocycles. The lowest BCUT2D eigenvalue weighted by molar-refractivity contribution is 0.0821. The Morgan fingerprint density at radius 1 is 1.43 bits per heavy atom. The summed E-state index contributed by atoms with van der Waals surface area (Å²) >= 11 is 1.65. The number of aliphatic hydroxyl groups is 1. The summed E-state index contributed by atoms with van der Waals surface area (Å²) in [6.45, 7) is 4.89. The van der Waals surface area contributed by atoms with Crippen molar-refractivity contribution in [1.29, 1.82) is 0 Å². The van der Waals surface area contributed by atoms with Gasteiger partial charge in [0.15, 0.2) is 0 Å². The molecule has 0 aromatic carbocycles. The molecule has 21 heavy (non-hydrogen) atoms. The van der Waals surface area contributed by atoms with Crippen molar-refractivity contribution in [3.63, 3.8) is 0 Å². The number of hydrogen-bond acceptors (Lipinski definition) is 6. The van der Waals surface area contributed by atoms with Crippen molar-refractivity contribution in [3.8, 4) is 0 Å². The number of nitrogens with zero attached hydrogens (tertiary/aromatic N) is 3. The number of aromatic nitrogens is 2. The highest BCUT2D eigenvalue weighted by Gasteiger charge is 2.23. The molecule has 5 nitrogen and oxygen atoms in total. The first-order chi connectivity index (χ1) is 10.3. The first-order valence-electron chi connectivity index (χ1n) is 7.64. The third-order valence-electron chi connectivity index (χ3n) is 4.02. The van der Waals surface area contributed by atoms with E-state index in [1.165, 1.54) is 12.8 Å². The molecule has 1 saturated heterocycles. The lowest BCUT2D eigenvalue weighted by Crippen LogP contribution is -2.41. The van der Waals surface area contributed by atoms with E-state index in [0.717, 1.165) is 47.9 Å². The maximum absolute atomic E-state index is 9.52. The molecule has 0 spiro atoms. The first kappa shape index (κ1) is 14.7. The molecule has 0 radical (unpaired) electrons. The van der Waals surface area contributed by atoms with Gasteiger partial charge in [-0.15, -0.1) is 11.3 Å². The standard InChI is InChI=1S/C15H22N4OS/c1-2-16-14-12-6-8-21-15(12)18-13(17-14)9-19-7-4-3-5-11(19)10-20/h6,8,11,20H,2-5,7,9-10H2,1H3,(H,16,17,18). The predicted molar refractivity (Wildman–Crippen MR) is 86.7 cm³/mol. The minimum atomic E-state index is 0.224. The number of hydrogen-bond donors (Lipinski definition) is 2. The molecule has 1 aliphatic heterocycles. The van der Waals surface area contributed by atoms with Crippen LogP contribution in [-0.2, 0) is 6.54 Å². The topological polar surface area (TPSA) is 61.3 Å². The van der Waals surface area contributed by atoms with Gasteiger partial charge in [0.25, 0.3) is 0 Å². The summed E-state index contributed by atoms with van der Waals surface area (Å²) in [4.78, 5) is 12.7. The monoisotopic (exact) mass is 306 g/mol. The molecule has 0 amide bonds. The summed E-state index contributed by atoms with van der Waals surface area (Å²) in [6, 6.07) is 2.32. The van der Waals surface area contributed by atoms with Gasteiger partial charge in [0.05, 0.1) is 18.5 Å². The van der Waals surface area contributed by atoms with Crippen molar-refractivity contribution in [2.24, 2.45) is 0 Å². The highest BCUT2D eigenvalue weighted by atomic mass is 32.1. The second-order valence-electron chi connectivity index (χ2n) is 5.46. The maximum Gasteiger partial charge on any atom is 0.146 e. The van der Waals surface area contributed by atoms with Crippen molar-refractivity contribution in [3.05, 3.63) is 17.3 Å². The van der Waals surface area contributed by atoms with Crippen molar-refractivity contribution >= 4 is 27.4 Å². The lowest BCUT2D eigenvalue weighted by Gasteiger charge is -2.33. The zero-order valence-corrected chi connectivity index (χ0v) is 13.2.